The Hall–Kier alpha value is -1.36. The van der Waals surface area contributed by atoms with E-state index in [0.29, 0.717) is 25.4 Å². The maximum atomic E-state index is 13.0. The molecule has 0 N–H and O–H groups in total. The Morgan fingerprint density at radius 3 is 2.52 bits per heavy atom. The number of hydrogen-bond acceptors (Lipinski definition) is 3. The molecule has 0 unspecified atom stereocenters. The molecular weight excluding hydrogens is 334 g/mol. The number of hydrogen-bond donors (Lipinski definition) is 0. The monoisotopic (exact) mass is 344 g/mol. The van der Waals surface area contributed by atoms with E-state index in [1.54, 1.807) is 19.1 Å². The van der Waals surface area contributed by atoms with Gasteiger partial charge in [0.15, 0.2) is 0 Å². The van der Waals surface area contributed by atoms with Crippen LogP contribution in [0.2, 0.25) is 8.67 Å². The van der Waals surface area contributed by atoms with E-state index in [-0.39, 0.29) is 12.4 Å². The molecule has 1 heterocycles. The van der Waals surface area contributed by atoms with Crippen molar-refractivity contribution in [2.24, 2.45) is 0 Å². The Bertz CT molecular complexity index is 677. The maximum Gasteiger partial charge on any atom is 0.338 e. The summed E-state index contributed by atoms with van der Waals surface area (Å²) in [4.78, 5) is 12.1. The second-order valence-corrected chi connectivity index (χ2v) is 6.35. The van der Waals surface area contributed by atoms with Gasteiger partial charge in [-0.1, -0.05) is 35.3 Å². The van der Waals surface area contributed by atoms with Crippen LogP contribution in [0, 0.1) is 5.82 Å². The Kier molecular flexibility index (Phi) is 5.39. The van der Waals surface area contributed by atoms with Gasteiger partial charge in [-0.15, -0.1) is 11.3 Å². The van der Waals surface area contributed by atoms with Crippen LogP contribution < -0.4 is 0 Å². The third-order valence-corrected chi connectivity index (χ3v) is 4.15. The molecule has 0 saturated carbocycles. The minimum Gasteiger partial charge on any atom is -0.462 e. The van der Waals surface area contributed by atoms with Gasteiger partial charge in [0.25, 0.3) is 0 Å². The molecule has 0 bridgehead atoms. The SMILES string of the molecule is CCOC(=O)/C(=C/c1cc(Cl)sc1Cl)c1ccc(F)cc1. The fourth-order valence-electron chi connectivity index (χ4n) is 1.71. The summed E-state index contributed by atoms with van der Waals surface area (Å²) >= 11 is 13.2. The van der Waals surface area contributed by atoms with Crippen molar-refractivity contribution in [1.82, 2.24) is 0 Å². The zero-order valence-corrected chi connectivity index (χ0v) is 13.4. The van der Waals surface area contributed by atoms with Crippen LogP contribution in [0.15, 0.2) is 30.3 Å². The molecule has 110 valence electrons. The Morgan fingerprint density at radius 2 is 2.00 bits per heavy atom. The molecule has 0 amide bonds. The van der Waals surface area contributed by atoms with Crippen LogP contribution >= 0.6 is 34.5 Å². The molecule has 0 aliphatic heterocycles. The number of esters is 1. The molecule has 0 radical (unpaired) electrons. The van der Waals surface area contributed by atoms with Crippen molar-refractivity contribution in [3.63, 3.8) is 0 Å². The molecule has 0 saturated heterocycles. The third kappa shape index (κ3) is 4.06. The van der Waals surface area contributed by atoms with Crippen molar-refractivity contribution >= 4 is 52.2 Å². The molecule has 21 heavy (non-hydrogen) atoms. The van der Waals surface area contributed by atoms with E-state index in [1.165, 1.54) is 35.6 Å². The predicted octanol–water partition coefficient (Wildman–Crippen LogP) is 5.30. The smallest absolute Gasteiger partial charge is 0.338 e. The molecule has 6 heteroatoms. The van der Waals surface area contributed by atoms with Crippen LogP contribution in [-0.4, -0.2) is 12.6 Å². The van der Waals surface area contributed by atoms with Crippen molar-refractivity contribution in [3.8, 4) is 0 Å². The van der Waals surface area contributed by atoms with Crippen LogP contribution in [-0.2, 0) is 9.53 Å². The van der Waals surface area contributed by atoms with Gasteiger partial charge >= 0.3 is 5.97 Å². The Balaban J connectivity index is 2.48. The standard InChI is InChI=1S/C15H11Cl2FO2S/c1-2-20-15(19)12(9-3-5-11(18)6-4-9)7-10-8-13(16)21-14(10)17/h3-8H,2H2,1H3/b12-7+. The average molecular weight is 345 g/mol. The third-order valence-electron chi connectivity index (χ3n) is 2.63. The number of carbonyl (C=O) groups excluding carboxylic acids is 1. The summed E-state index contributed by atoms with van der Waals surface area (Å²) < 4.78 is 19.1. The molecule has 0 aliphatic carbocycles. The van der Waals surface area contributed by atoms with Gasteiger partial charge in [0.05, 0.1) is 16.5 Å². The molecule has 2 aromatic rings. The summed E-state index contributed by atoms with van der Waals surface area (Å²) in [7, 11) is 0. The lowest BCUT2D eigenvalue weighted by molar-refractivity contribution is -0.136. The first kappa shape index (κ1) is 16.0. The molecule has 2 rings (SSSR count). The molecule has 0 atom stereocenters. The van der Waals surface area contributed by atoms with Gasteiger partial charge in [0.2, 0.25) is 0 Å². The number of benzene rings is 1. The second-order valence-electron chi connectivity index (χ2n) is 4.06. The summed E-state index contributed by atoms with van der Waals surface area (Å²) in [5, 5.41) is 0. The highest BCUT2D eigenvalue weighted by Gasteiger charge is 2.15. The average Bonchev–Trinajstić information content (AvgIpc) is 2.75. The van der Waals surface area contributed by atoms with Crippen LogP contribution in [0.1, 0.15) is 18.1 Å². The number of carbonyl (C=O) groups is 1. The molecular formula is C15H11Cl2FO2S. The molecule has 0 fully saturated rings. The highest BCUT2D eigenvalue weighted by molar-refractivity contribution is 7.20. The van der Waals surface area contributed by atoms with Crippen molar-refractivity contribution in [2.75, 3.05) is 6.61 Å². The molecule has 0 aliphatic rings. The highest BCUT2D eigenvalue weighted by atomic mass is 35.5. The zero-order valence-electron chi connectivity index (χ0n) is 11.0. The molecule has 1 aromatic carbocycles. The fourth-order valence-corrected chi connectivity index (χ4v) is 3.12. The second kappa shape index (κ2) is 7.07. The van der Waals surface area contributed by atoms with Gasteiger partial charge in [-0.3, -0.25) is 0 Å². The molecule has 1 aromatic heterocycles. The zero-order chi connectivity index (χ0) is 15.4. The lowest BCUT2D eigenvalue weighted by Gasteiger charge is -2.07. The Morgan fingerprint density at radius 1 is 1.33 bits per heavy atom. The van der Waals surface area contributed by atoms with E-state index < -0.39 is 5.97 Å². The minimum absolute atomic E-state index is 0.246. The first-order valence-corrected chi connectivity index (χ1v) is 7.68. The van der Waals surface area contributed by atoms with Crippen LogP contribution in [0.3, 0.4) is 0 Å². The van der Waals surface area contributed by atoms with E-state index in [2.05, 4.69) is 0 Å². The summed E-state index contributed by atoms with van der Waals surface area (Å²) in [6, 6.07) is 7.26. The van der Waals surface area contributed by atoms with Gasteiger partial charge < -0.3 is 4.74 Å². The van der Waals surface area contributed by atoms with Crippen molar-refractivity contribution in [1.29, 1.82) is 0 Å². The Labute approximate surface area is 135 Å². The summed E-state index contributed by atoms with van der Waals surface area (Å²) in [6.07, 6.45) is 1.59. The first-order valence-electron chi connectivity index (χ1n) is 6.11. The number of rotatable bonds is 4. The van der Waals surface area contributed by atoms with E-state index >= 15 is 0 Å². The van der Waals surface area contributed by atoms with Crippen molar-refractivity contribution < 1.29 is 13.9 Å². The fraction of sp³-hybridized carbons (Fsp3) is 0.133. The highest BCUT2D eigenvalue weighted by Crippen LogP contribution is 2.34. The largest absolute Gasteiger partial charge is 0.462 e. The van der Waals surface area contributed by atoms with Gasteiger partial charge in [0.1, 0.15) is 10.2 Å². The van der Waals surface area contributed by atoms with Crippen LogP contribution in [0.4, 0.5) is 4.39 Å². The predicted molar refractivity (Wildman–Crippen MR) is 85.2 cm³/mol. The first-order chi connectivity index (χ1) is 10.0. The lowest BCUT2D eigenvalue weighted by Crippen LogP contribution is -2.06. The van der Waals surface area contributed by atoms with Gasteiger partial charge in [-0.25, -0.2) is 9.18 Å². The van der Waals surface area contributed by atoms with Gasteiger partial charge in [-0.05, 0) is 36.8 Å². The number of thiophene rings is 1. The van der Waals surface area contributed by atoms with Crippen LogP contribution in [0.5, 0.6) is 0 Å². The van der Waals surface area contributed by atoms with Gasteiger partial charge in [0, 0.05) is 5.56 Å². The minimum atomic E-state index is -0.498. The quantitative estimate of drug-likeness (QED) is 0.555. The van der Waals surface area contributed by atoms with E-state index in [9.17, 15) is 9.18 Å². The topological polar surface area (TPSA) is 26.3 Å². The summed E-state index contributed by atoms with van der Waals surface area (Å²) in [6.45, 7) is 1.96. The summed E-state index contributed by atoms with van der Waals surface area (Å²) in [5.41, 5.74) is 1.47. The molecule has 0 spiro atoms. The number of halogens is 3. The van der Waals surface area contributed by atoms with Crippen LogP contribution in [0.25, 0.3) is 11.6 Å². The van der Waals surface area contributed by atoms with E-state index in [0.717, 1.165) is 0 Å². The summed E-state index contributed by atoms with van der Waals surface area (Å²) in [5.74, 6) is -0.874. The number of ether oxygens (including phenoxy) is 1. The van der Waals surface area contributed by atoms with E-state index in [1.807, 2.05) is 0 Å². The lowest BCUT2D eigenvalue weighted by atomic mass is 10.0. The maximum absolute atomic E-state index is 13.0. The van der Waals surface area contributed by atoms with Crippen molar-refractivity contribution in [3.05, 3.63) is 55.9 Å². The van der Waals surface area contributed by atoms with Gasteiger partial charge in [-0.2, -0.15) is 0 Å². The molecule has 2 nitrogen and oxygen atoms in total. The van der Waals surface area contributed by atoms with E-state index in [4.69, 9.17) is 27.9 Å². The van der Waals surface area contributed by atoms with Crippen molar-refractivity contribution in [2.45, 2.75) is 6.92 Å². The normalized spacial score (nSPS) is 11.5.